The van der Waals surface area contributed by atoms with Gasteiger partial charge in [-0.15, -0.1) is 0 Å². The van der Waals surface area contributed by atoms with Gasteiger partial charge in [-0.3, -0.25) is 9.69 Å². The lowest BCUT2D eigenvalue weighted by Gasteiger charge is -2.25. The lowest BCUT2D eigenvalue weighted by atomic mass is 9.94. The molecular weight excluding hydrogens is 435 g/mol. The number of carbonyl (C=O) groups is 1. The van der Waals surface area contributed by atoms with Crippen LogP contribution in [0, 0.1) is 5.95 Å². The van der Waals surface area contributed by atoms with E-state index in [9.17, 15) is 18.0 Å². The highest BCUT2D eigenvalue weighted by Crippen LogP contribution is 2.40. The van der Waals surface area contributed by atoms with Gasteiger partial charge in [0.1, 0.15) is 23.7 Å². The van der Waals surface area contributed by atoms with Crippen molar-refractivity contribution in [2.75, 3.05) is 33.0 Å². The van der Waals surface area contributed by atoms with Crippen LogP contribution in [-0.2, 0) is 5.92 Å². The van der Waals surface area contributed by atoms with Crippen LogP contribution in [0.4, 0.5) is 19.0 Å². The van der Waals surface area contributed by atoms with Crippen molar-refractivity contribution in [2.24, 2.45) is 0 Å². The third kappa shape index (κ3) is 3.46. The second kappa shape index (κ2) is 7.45. The highest BCUT2D eigenvalue weighted by Gasteiger charge is 2.40. The van der Waals surface area contributed by atoms with Gasteiger partial charge < -0.3 is 15.8 Å². The number of amides is 1. The number of likely N-dealkylation sites (N-methyl/N-ethyl adjacent to an activating group) is 1. The lowest BCUT2D eigenvalue weighted by Crippen LogP contribution is -2.41. The van der Waals surface area contributed by atoms with E-state index in [-0.39, 0.29) is 34.4 Å². The minimum atomic E-state index is -3.26. The SMILES string of the molecule is CN(C)[C@@H]1COc2ccc(-c3nc(-c4ccc5c(c4)C(F)(F)CNC5=O)c(N)nc3F)cc21. The molecule has 10 heteroatoms. The van der Waals surface area contributed by atoms with Crippen molar-refractivity contribution in [2.45, 2.75) is 12.0 Å². The first-order chi connectivity index (χ1) is 15.7. The van der Waals surface area contributed by atoms with Crippen LogP contribution in [0.3, 0.4) is 0 Å². The summed E-state index contributed by atoms with van der Waals surface area (Å²) in [7, 11) is 3.84. The van der Waals surface area contributed by atoms with Crippen LogP contribution in [0.1, 0.15) is 27.5 Å². The molecule has 1 aromatic heterocycles. The Bertz CT molecular complexity index is 1300. The van der Waals surface area contributed by atoms with E-state index in [1.165, 1.54) is 12.1 Å². The fourth-order valence-electron chi connectivity index (χ4n) is 4.17. The van der Waals surface area contributed by atoms with Gasteiger partial charge in [0, 0.05) is 27.8 Å². The summed E-state index contributed by atoms with van der Waals surface area (Å²) in [6, 6.07) is 9.07. The van der Waals surface area contributed by atoms with Crippen molar-refractivity contribution < 1.29 is 22.7 Å². The van der Waals surface area contributed by atoms with Gasteiger partial charge in [0.05, 0.1) is 12.6 Å². The number of hydrogen-bond donors (Lipinski definition) is 2. The highest BCUT2D eigenvalue weighted by molar-refractivity contribution is 5.98. The van der Waals surface area contributed by atoms with Crippen LogP contribution >= 0.6 is 0 Å². The number of aromatic nitrogens is 2. The summed E-state index contributed by atoms with van der Waals surface area (Å²) in [5.41, 5.74) is 6.91. The maximum absolute atomic E-state index is 14.8. The molecule has 2 aromatic carbocycles. The third-order valence-corrected chi connectivity index (χ3v) is 5.95. The monoisotopic (exact) mass is 455 g/mol. The van der Waals surface area contributed by atoms with Gasteiger partial charge in [0.15, 0.2) is 5.82 Å². The van der Waals surface area contributed by atoms with E-state index in [1.54, 1.807) is 18.2 Å². The number of carbonyl (C=O) groups excluding carboxylic acids is 1. The van der Waals surface area contributed by atoms with Gasteiger partial charge in [0.2, 0.25) is 5.95 Å². The van der Waals surface area contributed by atoms with Crippen LogP contribution in [0.25, 0.3) is 22.5 Å². The number of nitrogens with one attached hydrogen (secondary N) is 1. The number of nitrogens with two attached hydrogens (primary N) is 1. The standard InChI is InChI=1S/C23H20F3N5O2/c1-31(2)16-9-33-17-6-4-11(7-14(16)17)18-20(24)30-21(27)19(29-18)12-3-5-13-15(8-12)23(25,26)10-28-22(13)32/h3-8,16H,9-10H2,1-2H3,(H2,27,30)(H,28,32)/t16-/m1/s1. The van der Waals surface area contributed by atoms with E-state index in [0.717, 1.165) is 11.6 Å². The normalized spacial score (nSPS) is 18.5. The average molecular weight is 455 g/mol. The Labute approximate surface area is 187 Å². The number of benzene rings is 2. The predicted molar refractivity (Wildman–Crippen MR) is 115 cm³/mol. The van der Waals surface area contributed by atoms with Crippen molar-refractivity contribution in [1.29, 1.82) is 0 Å². The van der Waals surface area contributed by atoms with Crippen LogP contribution in [-0.4, -0.2) is 48.0 Å². The molecule has 2 aliphatic heterocycles. The predicted octanol–water partition coefficient (Wildman–Crippen LogP) is 3.36. The molecule has 0 radical (unpaired) electrons. The zero-order valence-electron chi connectivity index (χ0n) is 17.8. The molecule has 0 aliphatic carbocycles. The molecule has 1 amide bonds. The molecule has 170 valence electrons. The second-order valence-electron chi connectivity index (χ2n) is 8.29. The van der Waals surface area contributed by atoms with E-state index < -0.39 is 29.9 Å². The Balaban J connectivity index is 1.62. The van der Waals surface area contributed by atoms with Gasteiger partial charge >= 0.3 is 0 Å². The Morgan fingerprint density at radius 1 is 1.12 bits per heavy atom. The fraction of sp³-hybridized carbons (Fsp3) is 0.261. The first-order valence-electron chi connectivity index (χ1n) is 10.2. The number of fused-ring (bicyclic) bond motifs is 2. The summed E-state index contributed by atoms with van der Waals surface area (Å²) in [6.07, 6.45) is 0. The third-order valence-electron chi connectivity index (χ3n) is 5.95. The first-order valence-corrected chi connectivity index (χ1v) is 10.2. The van der Waals surface area contributed by atoms with Crippen molar-refractivity contribution in [1.82, 2.24) is 20.2 Å². The highest BCUT2D eigenvalue weighted by atomic mass is 19.3. The summed E-state index contributed by atoms with van der Waals surface area (Å²) in [6.45, 7) is -0.327. The van der Waals surface area contributed by atoms with Gasteiger partial charge in [-0.2, -0.15) is 18.2 Å². The molecule has 33 heavy (non-hydrogen) atoms. The van der Waals surface area contributed by atoms with E-state index in [1.807, 2.05) is 19.0 Å². The Kier molecular flexibility index (Phi) is 4.78. The molecule has 0 saturated carbocycles. The Hall–Kier alpha value is -3.66. The molecule has 1 atom stereocenters. The number of rotatable bonds is 3. The molecule has 3 heterocycles. The summed E-state index contributed by atoms with van der Waals surface area (Å²) in [4.78, 5) is 22.1. The van der Waals surface area contributed by atoms with Crippen molar-refractivity contribution in [3.05, 3.63) is 59.0 Å². The summed E-state index contributed by atoms with van der Waals surface area (Å²) in [5, 5.41) is 2.16. The topological polar surface area (TPSA) is 93.4 Å². The van der Waals surface area contributed by atoms with Crippen LogP contribution in [0.2, 0.25) is 0 Å². The zero-order chi connectivity index (χ0) is 23.5. The van der Waals surface area contributed by atoms with Crippen LogP contribution in [0.15, 0.2) is 36.4 Å². The number of nitrogen functional groups attached to an aromatic ring is 1. The van der Waals surface area contributed by atoms with Gasteiger partial charge in [-0.25, -0.2) is 4.98 Å². The van der Waals surface area contributed by atoms with E-state index in [4.69, 9.17) is 10.5 Å². The maximum atomic E-state index is 14.8. The van der Waals surface area contributed by atoms with Crippen molar-refractivity contribution >= 4 is 11.7 Å². The quantitative estimate of drug-likeness (QED) is 0.629. The number of ether oxygens (including phenoxy) is 1. The minimum Gasteiger partial charge on any atom is -0.491 e. The molecule has 3 aromatic rings. The fourth-order valence-corrected chi connectivity index (χ4v) is 4.17. The number of alkyl halides is 2. The first kappa shape index (κ1) is 21.2. The molecule has 0 unspecified atom stereocenters. The molecule has 0 spiro atoms. The Morgan fingerprint density at radius 2 is 1.85 bits per heavy atom. The molecule has 5 rings (SSSR count). The largest absolute Gasteiger partial charge is 0.491 e. The molecule has 0 saturated heterocycles. The van der Waals surface area contributed by atoms with Gasteiger partial charge in [-0.1, -0.05) is 6.07 Å². The molecule has 3 N–H and O–H groups in total. The molecule has 0 bridgehead atoms. The smallest absolute Gasteiger partial charge is 0.290 e. The Morgan fingerprint density at radius 3 is 2.61 bits per heavy atom. The van der Waals surface area contributed by atoms with E-state index >= 15 is 0 Å². The number of hydrogen-bond acceptors (Lipinski definition) is 6. The number of halogens is 3. The average Bonchev–Trinajstić information content (AvgIpc) is 3.20. The summed E-state index contributed by atoms with van der Waals surface area (Å²) in [5.74, 6) is -4.26. The lowest BCUT2D eigenvalue weighted by molar-refractivity contribution is -0.00833. The van der Waals surface area contributed by atoms with E-state index in [2.05, 4.69) is 15.3 Å². The maximum Gasteiger partial charge on any atom is 0.290 e. The molecule has 7 nitrogen and oxygen atoms in total. The molecule has 0 fully saturated rings. The second-order valence-corrected chi connectivity index (χ2v) is 8.29. The van der Waals surface area contributed by atoms with Gasteiger partial charge in [0.25, 0.3) is 11.8 Å². The van der Waals surface area contributed by atoms with E-state index in [0.29, 0.717) is 17.9 Å². The van der Waals surface area contributed by atoms with Crippen molar-refractivity contribution in [3.63, 3.8) is 0 Å². The summed E-state index contributed by atoms with van der Waals surface area (Å²) >= 11 is 0. The molecule has 2 aliphatic rings. The van der Waals surface area contributed by atoms with Crippen LogP contribution in [0.5, 0.6) is 5.75 Å². The summed E-state index contributed by atoms with van der Waals surface area (Å²) < 4.78 is 49.4. The minimum absolute atomic E-state index is 0.00162. The van der Waals surface area contributed by atoms with Crippen LogP contribution < -0.4 is 15.8 Å². The number of anilines is 1. The van der Waals surface area contributed by atoms with Gasteiger partial charge in [-0.05, 0) is 44.4 Å². The zero-order valence-corrected chi connectivity index (χ0v) is 17.8. The number of nitrogens with zero attached hydrogens (tertiary/aromatic N) is 3. The van der Waals surface area contributed by atoms with Crippen molar-refractivity contribution in [3.8, 4) is 28.3 Å². The molecular formula is C23H20F3N5O2.